The van der Waals surface area contributed by atoms with Gasteiger partial charge in [-0.25, -0.2) is 4.31 Å². The van der Waals surface area contributed by atoms with Gasteiger partial charge >= 0.3 is 0 Å². The van der Waals surface area contributed by atoms with Crippen LogP contribution in [0.15, 0.2) is 0 Å². The first-order valence-electron chi connectivity index (χ1n) is 6.07. The summed E-state index contributed by atoms with van der Waals surface area (Å²) in [6, 6.07) is 0. The van der Waals surface area contributed by atoms with Crippen molar-refractivity contribution in [3.8, 4) is 0 Å². The molecule has 17 heavy (non-hydrogen) atoms. The molecular formula is C11H20N2O2S2. The molecule has 1 aliphatic heterocycles. The van der Waals surface area contributed by atoms with Crippen LogP contribution in [0.4, 0.5) is 0 Å². The zero-order valence-electron chi connectivity index (χ0n) is 10.2. The van der Waals surface area contributed by atoms with Crippen LogP contribution >= 0.6 is 22.6 Å². The second kappa shape index (κ2) is 5.82. The number of piperazine rings is 1. The van der Waals surface area contributed by atoms with E-state index in [9.17, 15) is 4.79 Å². The number of nitrogens with zero attached hydrogens (tertiary/aromatic N) is 2. The lowest BCUT2D eigenvalue weighted by molar-refractivity contribution is -0.153. The Morgan fingerprint density at radius 3 is 2.41 bits per heavy atom. The molecule has 6 heteroatoms. The molecule has 1 amide bonds. The van der Waals surface area contributed by atoms with Crippen LogP contribution in [-0.2, 0) is 9.53 Å². The second-order valence-corrected chi connectivity index (χ2v) is 6.04. The molecule has 98 valence electrons. The summed E-state index contributed by atoms with van der Waals surface area (Å²) in [6.45, 7) is 4.02. The maximum atomic E-state index is 12.5. The fourth-order valence-electron chi connectivity index (χ4n) is 2.61. The SMILES string of the molecule is COCC1(C(=O)N2CCN(SS)CC2)CCC1. The highest BCUT2D eigenvalue weighted by molar-refractivity contribution is 8.67. The number of rotatable bonds is 4. The minimum Gasteiger partial charge on any atom is -0.384 e. The Morgan fingerprint density at radius 2 is 2.00 bits per heavy atom. The molecule has 2 rings (SSSR count). The van der Waals surface area contributed by atoms with E-state index in [0.29, 0.717) is 12.5 Å². The first-order valence-corrected chi connectivity index (χ1v) is 7.89. The normalized spacial score (nSPS) is 24.5. The van der Waals surface area contributed by atoms with E-state index in [4.69, 9.17) is 4.74 Å². The third-order valence-electron chi connectivity index (χ3n) is 3.83. The van der Waals surface area contributed by atoms with Crippen LogP contribution in [0.25, 0.3) is 0 Å². The van der Waals surface area contributed by atoms with Crippen molar-refractivity contribution in [3.05, 3.63) is 0 Å². The van der Waals surface area contributed by atoms with E-state index in [1.165, 1.54) is 11.0 Å². The third kappa shape index (κ3) is 2.75. The lowest BCUT2D eigenvalue weighted by Crippen LogP contribution is -2.55. The summed E-state index contributed by atoms with van der Waals surface area (Å²) in [4.78, 5) is 14.5. The van der Waals surface area contributed by atoms with Crippen molar-refractivity contribution in [2.24, 2.45) is 5.41 Å². The van der Waals surface area contributed by atoms with Gasteiger partial charge in [0.05, 0.1) is 12.0 Å². The van der Waals surface area contributed by atoms with Crippen LogP contribution in [-0.4, -0.2) is 55.0 Å². The predicted octanol–water partition coefficient (Wildman–Crippen LogP) is 1.44. The van der Waals surface area contributed by atoms with E-state index in [1.54, 1.807) is 7.11 Å². The summed E-state index contributed by atoms with van der Waals surface area (Å²) >= 11 is 4.18. The van der Waals surface area contributed by atoms with Crippen molar-refractivity contribution in [3.63, 3.8) is 0 Å². The summed E-state index contributed by atoms with van der Waals surface area (Å²) in [5.41, 5.74) is -0.203. The van der Waals surface area contributed by atoms with E-state index >= 15 is 0 Å². The minimum atomic E-state index is -0.203. The standard InChI is InChI=1S/C11H20N2O2S2/c1-15-9-11(3-2-4-11)10(14)12-5-7-13(17-16)8-6-12/h16H,2-9H2,1H3. The van der Waals surface area contributed by atoms with Gasteiger partial charge in [-0.05, 0) is 23.8 Å². The van der Waals surface area contributed by atoms with Crippen LogP contribution in [0.2, 0.25) is 0 Å². The predicted molar refractivity (Wildman–Crippen MR) is 72.9 cm³/mol. The van der Waals surface area contributed by atoms with Crippen molar-refractivity contribution in [2.75, 3.05) is 39.9 Å². The van der Waals surface area contributed by atoms with Gasteiger partial charge in [-0.2, -0.15) is 0 Å². The molecule has 0 unspecified atom stereocenters. The molecule has 0 aromatic heterocycles. The average Bonchev–Trinajstić information content (AvgIpc) is 2.33. The molecule has 1 saturated heterocycles. The lowest BCUT2D eigenvalue weighted by Gasteiger charge is -2.44. The van der Waals surface area contributed by atoms with E-state index in [-0.39, 0.29) is 5.41 Å². The van der Waals surface area contributed by atoms with Gasteiger partial charge in [-0.15, -0.1) is 0 Å². The topological polar surface area (TPSA) is 32.8 Å². The molecular weight excluding hydrogens is 256 g/mol. The summed E-state index contributed by atoms with van der Waals surface area (Å²) < 4.78 is 7.41. The van der Waals surface area contributed by atoms with Crippen molar-refractivity contribution in [1.29, 1.82) is 0 Å². The Labute approximate surface area is 112 Å². The zero-order valence-corrected chi connectivity index (χ0v) is 11.9. The van der Waals surface area contributed by atoms with E-state index < -0.39 is 0 Å². The van der Waals surface area contributed by atoms with Gasteiger partial charge < -0.3 is 9.64 Å². The number of hydrogen-bond donors (Lipinski definition) is 1. The largest absolute Gasteiger partial charge is 0.384 e. The molecule has 4 nitrogen and oxygen atoms in total. The Bertz CT molecular complexity index is 277. The van der Waals surface area contributed by atoms with Crippen molar-refractivity contribution in [2.45, 2.75) is 19.3 Å². The van der Waals surface area contributed by atoms with Crippen LogP contribution in [0, 0.1) is 5.41 Å². The molecule has 0 atom stereocenters. The molecule has 1 saturated carbocycles. The number of thiol groups is 1. The van der Waals surface area contributed by atoms with Gasteiger partial charge in [0, 0.05) is 33.3 Å². The third-order valence-corrected chi connectivity index (χ3v) is 5.12. The Balaban J connectivity index is 1.91. The smallest absolute Gasteiger partial charge is 0.231 e. The fraction of sp³-hybridized carbons (Fsp3) is 0.909. The quantitative estimate of drug-likeness (QED) is 0.478. The van der Waals surface area contributed by atoms with Gasteiger partial charge in [0.15, 0.2) is 0 Å². The van der Waals surface area contributed by atoms with Crippen LogP contribution in [0.5, 0.6) is 0 Å². The average molecular weight is 276 g/mol. The number of amides is 1. The molecule has 0 spiro atoms. The number of methoxy groups -OCH3 is 1. The Morgan fingerprint density at radius 1 is 1.35 bits per heavy atom. The van der Waals surface area contributed by atoms with E-state index in [1.807, 2.05) is 4.90 Å². The van der Waals surface area contributed by atoms with Gasteiger partial charge in [-0.1, -0.05) is 18.1 Å². The second-order valence-electron chi connectivity index (χ2n) is 4.87. The first kappa shape index (κ1) is 13.5. The summed E-state index contributed by atoms with van der Waals surface area (Å²) in [6.07, 6.45) is 3.13. The molecule has 0 N–H and O–H groups in total. The minimum absolute atomic E-state index is 0.203. The number of hydrogen-bond acceptors (Lipinski definition) is 5. The molecule has 2 aliphatic rings. The molecule has 1 heterocycles. The molecule has 0 radical (unpaired) electrons. The number of carbonyl (C=O) groups is 1. The van der Waals surface area contributed by atoms with Crippen LogP contribution in [0.3, 0.4) is 0 Å². The molecule has 2 fully saturated rings. The van der Waals surface area contributed by atoms with Gasteiger partial charge in [0.25, 0.3) is 0 Å². The Hall–Kier alpha value is 0.0900. The van der Waals surface area contributed by atoms with Crippen LogP contribution in [0.1, 0.15) is 19.3 Å². The van der Waals surface area contributed by atoms with Crippen molar-refractivity contribution >= 4 is 28.5 Å². The number of ether oxygens (including phenoxy) is 1. The van der Waals surface area contributed by atoms with Gasteiger partial charge in [0.2, 0.25) is 5.91 Å². The summed E-state index contributed by atoms with van der Waals surface area (Å²) in [5.74, 6) is 0.300. The van der Waals surface area contributed by atoms with Gasteiger partial charge in [-0.3, -0.25) is 4.79 Å². The van der Waals surface area contributed by atoms with Crippen molar-refractivity contribution in [1.82, 2.24) is 9.21 Å². The maximum Gasteiger partial charge on any atom is 0.231 e. The Kier molecular flexibility index (Phi) is 4.63. The highest BCUT2D eigenvalue weighted by Gasteiger charge is 2.46. The van der Waals surface area contributed by atoms with Crippen molar-refractivity contribution < 1.29 is 9.53 Å². The van der Waals surface area contributed by atoms with Crippen LogP contribution < -0.4 is 0 Å². The summed E-state index contributed by atoms with van der Waals surface area (Å²) in [7, 11) is 3.15. The lowest BCUT2D eigenvalue weighted by atomic mass is 9.68. The maximum absolute atomic E-state index is 12.5. The fourth-order valence-corrected chi connectivity index (χ4v) is 3.42. The molecule has 0 aromatic rings. The molecule has 1 aliphatic carbocycles. The molecule has 0 bridgehead atoms. The monoisotopic (exact) mass is 276 g/mol. The summed E-state index contributed by atoms with van der Waals surface area (Å²) in [5, 5.41) is 0. The van der Waals surface area contributed by atoms with E-state index in [0.717, 1.165) is 45.4 Å². The first-order chi connectivity index (χ1) is 8.22. The van der Waals surface area contributed by atoms with E-state index in [2.05, 4.69) is 16.0 Å². The highest BCUT2D eigenvalue weighted by atomic mass is 33.1. The van der Waals surface area contributed by atoms with Gasteiger partial charge in [0.1, 0.15) is 0 Å². The highest BCUT2D eigenvalue weighted by Crippen LogP contribution is 2.43. The molecule has 0 aromatic carbocycles. The number of carbonyl (C=O) groups excluding carboxylic acids is 1. The zero-order chi connectivity index (χ0) is 12.3.